The van der Waals surface area contributed by atoms with E-state index >= 15 is 0 Å². The van der Waals surface area contributed by atoms with Gasteiger partial charge in [0.1, 0.15) is 0 Å². The fourth-order valence-electron chi connectivity index (χ4n) is 1.44. The topological polar surface area (TPSA) is 92.9 Å². The van der Waals surface area contributed by atoms with E-state index in [-0.39, 0.29) is 11.5 Å². The van der Waals surface area contributed by atoms with Gasteiger partial charge in [-0.05, 0) is 6.92 Å². The molecular weight excluding hydrogens is 222 g/mol. The van der Waals surface area contributed by atoms with Gasteiger partial charge in [-0.3, -0.25) is 4.68 Å². The van der Waals surface area contributed by atoms with Gasteiger partial charge in [-0.15, -0.1) is 0 Å². The fourth-order valence-corrected chi connectivity index (χ4v) is 1.44. The molecular formula is C10H11N5O2. The third kappa shape index (κ3) is 2.22. The number of carbonyl (C=O) groups is 1. The minimum atomic E-state index is -1.12. The van der Waals surface area contributed by atoms with Crippen molar-refractivity contribution in [2.45, 2.75) is 6.92 Å². The number of aromatic carboxylic acids is 1. The monoisotopic (exact) mass is 233 g/mol. The summed E-state index contributed by atoms with van der Waals surface area (Å²) in [6.07, 6.45) is 4.51. The lowest BCUT2D eigenvalue weighted by Crippen LogP contribution is -2.07. The summed E-state index contributed by atoms with van der Waals surface area (Å²) < 4.78 is 1.63. The van der Waals surface area contributed by atoms with Gasteiger partial charge in [-0.1, -0.05) is 0 Å². The lowest BCUT2D eigenvalue weighted by Gasteiger charge is -2.05. The van der Waals surface area contributed by atoms with Crippen LogP contribution in [0.3, 0.4) is 0 Å². The molecule has 0 bridgehead atoms. The Bertz CT molecular complexity index is 564. The van der Waals surface area contributed by atoms with E-state index in [1.54, 1.807) is 17.9 Å². The highest BCUT2D eigenvalue weighted by molar-refractivity contribution is 5.91. The Kier molecular flexibility index (Phi) is 2.73. The van der Waals surface area contributed by atoms with Crippen LogP contribution in [0.2, 0.25) is 0 Å². The molecule has 0 fully saturated rings. The molecule has 7 heteroatoms. The molecule has 0 aliphatic heterocycles. The van der Waals surface area contributed by atoms with Crippen molar-refractivity contribution in [3.8, 4) is 0 Å². The Morgan fingerprint density at radius 2 is 2.12 bits per heavy atom. The van der Waals surface area contributed by atoms with Crippen LogP contribution in [0.4, 0.5) is 11.5 Å². The second-order valence-corrected chi connectivity index (χ2v) is 3.49. The molecule has 0 amide bonds. The Hall–Kier alpha value is -2.44. The number of nitrogens with zero attached hydrogens (tertiary/aromatic N) is 4. The molecule has 2 N–H and O–H groups in total. The van der Waals surface area contributed by atoms with Crippen LogP contribution in [0.5, 0.6) is 0 Å². The van der Waals surface area contributed by atoms with Crippen molar-refractivity contribution in [1.82, 2.24) is 19.7 Å². The van der Waals surface area contributed by atoms with Crippen molar-refractivity contribution in [2.24, 2.45) is 7.05 Å². The van der Waals surface area contributed by atoms with Crippen molar-refractivity contribution in [3.63, 3.8) is 0 Å². The molecule has 0 saturated carbocycles. The smallest absolute Gasteiger partial charge is 0.358 e. The second kappa shape index (κ2) is 4.20. The molecule has 0 saturated heterocycles. The van der Waals surface area contributed by atoms with Crippen molar-refractivity contribution >= 4 is 17.5 Å². The van der Waals surface area contributed by atoms with Crippen molar-refractivity contribution in [2.75, 3.05) is 5.32 Å². The predicted molar refractivity (Wildman–Crippen MR) is 60.2 cm³/mol. The Morgan fingerprint density at radius 1 is 1.41 bits per heavy atom. The van der Waals surface area contributed by atoms with E-state index in [0.717, 1.165) is 5.69 Å². The zero-order valence-electron chi connectivity index (χ0n) is 9.38. The molecule has 0 radical (unpaired) electrons. The summed E-state index contributed by atoms with van der Waals surface area (Å²) in [6.45, 7) is 1.82. The summed E-state index contributed by atoms with van der Waals surface area (Å²) in [7, 11) is 1.78. The SMILES string of the molecule is Cc1nn(C)cc1Nc1nccnc1C(=O)O. The molecule has 2 aromatic rings. The number of anilines is 2. The molecule has 0 aromatic carbocycles. The maximum absolute atomic E-state index is 10.9. The molecule has 17 heavy (non-hydrogen) atoms. The second-order valence-electron chi connectivity index (χ2n) is 3.49. The summed E-state index contributed by atoms with van der Waals surface area (Å²) in [5, 5.41) is 16.0. The molecule has 0 unspecified atom stereocenters. The van der Waals surface area contributed by atoms with E-state index in [0.29, 0.717) is 5.69 Å². The number of aryl methyl sites for hydroxylation is 2. The minimum Gasteiger partial charge on any atom is -0.476 e. The van der Waals surface area contributed by atoms with Crippen LogP contribution in [0.25, 0.3) is 0 Å². The minimum absolute atomic E-state index is 0.115. The first-order chi connectivity index (χ1) is 8.08. The van der Waals surface area contributed by atoms with Gasteiger partial charge in [0, 0.05) is 25.6 Å². The first-order valence-corrected chi connectivity index (χ1v) is 4.89. The highest BCUT2D eigenvalue weighted by Crippen LogP contribution is 2.19. The molecule has 0 aliphatic carbocycles. The molecule has 2 rings (SSSR count). The van der Waals surface area contributed by atoms with E-state index in [2.05, 4.69) is 20.4 Å². The summed E-state index contributed by atoms with van der Waals surface area (Å²) in [6, 6.07) is 0. The third-order valence-electron chi connectivity index (χ3n) is 2.17. The molecule has 2 heterocycles. The number of hydrogen-bond acceptors (Lipinski definition) is 5. The highest BCUT2D eigenvalue weighted by atomic mass is 16.4. The van der Waals surface area contributed by atoms with E-state index in [4.69, 9.17) is 5.11 Å². The fraction of sp³-hybridized carbons (Fsp3) is 0.200. The standard InChI is InChI=1S/C10H11N5O2/c1-6-7(5-15(2)14-6)13-9-8(10(16)17)11-3-4-12-9/h3-5H,1-2H3,(H,12,13)(H,16,17). The number of aromatic nitrogens is 4. The lowest BCUT2D eigenvalue weighted by molar-refractivity contribution is 0.0691. The van der Waals surface area contributed by atoms with Crippen LogP contribution in [0.1, 0.15) is 16.2 Å². The van der Waals surface area contributed by atoms with Gasteiger partial charge in [0.15, 0.2) is 11.5 Å². The van der Waals surface area contributed by atoms with Gasteiger partial charge in [0.2, 0.25) is 0 Å². The highest BCUT2D eigenvalue weighted by Gasteiger charge is 2.14. The van der Waals surface area contributed by atoms with Crippen LogP contribution in [-0.2, 0) is 7.05 Å². The van der Waals surface area contributed by atoms with Crippen molar-refractivity contribution in [1.29, 1.82) is 0 Å². The van der Waals surface area contributed by atoms with Gasteiger partial charge in [0.05, 0.1) is 11.4 Å². The first kappa shape index (κ1) is 11.1. The first-order valence-electron chi connectivity index (χ1n) is 4.89. The summed E-state index contributed by atoms with van der Waals surface area (Å²) in [5.74, 6) is -0.918. The number of hydrogen-bond donors (Lipinski definition) is 2. The number of carboxylic acids is 1. The van der Waals surface area contributed by atoms with E-state index in [1.807, 2.05) is 6.92 Å². The van der Waals surface area contributed by atoms with Crippen LogP contribution < -0.4 is 5.32 Å². The molecule has 2 aromatic heterocycles. The van der Waals surface area contributed by atoms with Crippen LogP contribution in [0.15, 0.2) is 18.6 Å². The quantitative estimate of drug-likeness (QED) is 0.820. The third-order valence-corrected chi connectivity index (χ3v) is 2.17. The Balaban J connectivity index is 2.36. The van der Waals surface area contributed by atoms with E-state index < -0.39 is 5.97 Å². The van der Waals surface area contributed by atoms with Crippen LogP contribution >= 0.6 is 0 Å². The van der Waals surface area contributed by atoms with Crippen molar-refractivity contribution in [3.05, 3.63) is 30.0 Å². The lowest BCUT2D eigenvalue weighted by atomic mass is 10.3. The normalized spacial score (nSPS) is 10.2. The van der Waals surface area contributed by atoms with Gasteiger partial charge >= 0.3 is 5.97 Å². The maximum atomic E-state index is 10.9. The Morgan fingerprint density at radius 3 is 2.71 bits per heavy atom. The van der Waals surface area contributed by atoms with Crippen molar-refractivity contribution < 1.29 is 9.90 Å². The Labute approximate surface area is 97.1 Å². The molecule has 0 atom stereocenters. The predicted octanol–water partition coefficient (Wildman–Crippen LogP) is 0.960. The zero-order chi connectivity index (χ0) is 12.4. The maximum Gasteiger partial charge on any atom is 0.358 e. The molecule has 7 nitrogen and oxygen atoms in total. The molecule has 0 spiro atoms. The van der Waals surface area contributed by atoms with E-state index in [1.165, 1.54) is 12.4 Å². The summed E-state index contributed by atoms with van der Waals surface area (Å²) in [5.41, 5.74) is 1.35. The summed E-state index contributed by atoms with van der Waals surface area (Å²) in [4.78, 5) is 18.7. The van der Waals surface area contributed by atoms with E-state index in [9.17, 15) is 4.79 Å². The number of rotatable bonds is 3. The van der Waals surface area contributed by atoms with Gasteiger partial charge in [0.25, 0.3) is 0 Å². The molecule has 0 aliphatic rings. The average molecular weight is 233 g/mol. The number of nitrogens with one attached hydrogen (secondary N) is 1. The largest absolute Gasteiger partial charge is 0.476 e. The number of carboxylic acid groups (broad SMARTS) is 1. The van der Waals surface area contributed by atoms with Crippen LogP contribution in [0, 0.1) is 6.92 Å². The zero-order valence-corrected chi connectivity index (χ0v) is 9.38. The van der Waals surface area contributed by atoms with Gasteiger partial charge in [-0.25, -0.2) is 14.8 Å². The average Bonchev–Trinajstić information content (AvgIpc) is 2.58. The van der Waals surface area contributed by atoms with Gasteiger partial charge < -0.3 is 10.4 Å². The van der Waals surface area contributed by atoms with Crippen LogP contribution in [-0.4, -0.2) is 30.8 Å². The summed E-state index contributed by atoms with van der Waals surface area (Å²) >= 11 is 0. The van der Waals surface area contributed by atoms with Gasteiger partial charge in [-0.2, -0.15) is 5.10 Å². The molecule has 88 valence electrons.